The first kappa shape index (κ1) is 25.7. The van der Waals surface area contributed by atoms with E-state index in [0.29, 0.717) is 35.1 Å². The molecule has 0 radical (unpaired) electrons. The highest BCUT2D eigenvalue weighted by Gasteiger charge is 2.15. The van der Waals surface area contributed by atoms with Gasteiger partial charge in [0.05, 0.1) is 32.2 Å². The number of methoxy groups -OCH3 is 2. The molecule has 3 aromatic carbocycles. The van der Waals surface area contributed by atoms with Crippen molar-refractivity contribution in [2.75, 3.05) is 41.5 Å². The first-order chi connectivity index (χ1) is 18.0. The molecule has 2 N–H and O–H groups in total. The molecule has 0 unspecified atom stereocenters. The highest BCUT2D eigenvalue weighted by Crippen LogP contribution is 2.36. The zero-order valence-electron chi connectivity index (χ0n) is 21.4. The fraction of sp³-hybridized carbons (Fsp3) is 0.250. The van der Waals surface area contributed by atoms with Crippen molar-refractivity contribution in [3.05, 3.63) is 77.1 Å². The first-order valence-electron chi connectivity index (χ1n) is 11.9. The van der Waals surface area contributed by atoms with Crippen molar-refractivity contribution >= 4 is 11.4 Å². The van der Waals surface area contributed by atoms with Crippen LogP contribution in [0, 0.1) is 0 Å². The van der Waals surface area contributed by atoms with Crippen LogP contribution in [0.2, 0.25) is 0 Å². The number of ether oxygens (including phenoxy) is 3. The third-order valence-electron chi connectivity index (χ3n) is 5.75. The molecule has 0 bridgehead atoms. The summed E-state index contributed by atoms with van der Waals surface area (Å²) < 4.78 is 16.8. The summed E-state index contributed by atoms with van der Waals surface area (Å²) in [6.45, 7) is 1.55. The summed E-state index contributed by atoms with van der Waals surface area (Å²) in [5.41, 5.74) is 3.50. The van der Waals surface area contributed by atoms with Gasteiger partial charge in [-0.1, -0.05) is 30.3 Å². The molecule has 0 saturated carbocycles. The average Bonchev–Trinajstić information content (AvgIpc) is 3.30. The lowest BCUT2D eigenvalue weighted by molar-refractivity contribution is 0.282. The van der Waals surface area contributed by atoms with Gasteiger partial charge in [0.1, 0.15) is 5.75 Å². The number of H-pyrrole nitrogens is 2. The third kappa shape index (κ3) is 6.25. The summed E-state index contributed by atoms with van der Waals surface area (Å²) in [6, 6.07) is 21.0. The molecule has 0 atom stereocenters. The zero-order valence-corrected chi connectivity index (χ0v) is 21.4. The van der Waals surface area contributed by atoms with Gasteiger partial charge in [-0.3, -0.25) is 15.0 Å². The molecule has 4 aromatic rings. The minimum atomic E-state index is -0.377. The van der Waals surface area contributed by atoms with Crippen molar-refractivity contribution in [1.29, 1.82) is 0 Å². The van der Waals surface area contributed by atoms with Crippen molar-refractivity contribution in [1.82, 2.24) is 15.1 Å². The monoisotopic (exact) mass is 501 g/mol. The second-order valence-corrected chi connectivity index (χ2v) is 8.62. The second-order valence-electron chi connectivity index (χ2n) is 8.62. The number of nitrogens with zero attached hydrogens (tertiary/aromatic N) is 3. The van der Waals surface area contributed by atoms with Crippen molar-refractivity contribution < 1.29 is 14.2 Å². The average molecular weight is 502 g/mol. The third-order valence-corrected chi connectivity index (χ3v) is 5.75. The molecule has 1 aromatic heterocycles. The van der Waals surface area contributed by atoms with Gasteiger partial charge >= 0.3 is 0 Å². The number of rotatable bonds is 11. The van der Waals surface area contributed by atoms with E-state index in [2.05, 4.69) is 25.3 Å². The molecule has 1 heterocycles. The van der Waals surface area contributed by atoms with E-state index in [0.717, 1.165) is 29.8 Å². The van der Waals surface area contributed by atoms with Gasteiger partial charge in [0.2, 0.25) is 0 Å². The minimum Gasteiger partial charge on any atom is -0.493 e. The van der Waals surface area contributed by atoms with Gasteiger partial charge in [0.15, 0.2) is 17.2 Å². The Morgan fingerprint density at radius 1 is 0.811 bits per heavy atom. The van der Waals surface area contributed by atoms with Crippen LogP contribution in [0.5, 0.6) is 17.2 Å². The maximum Gasteiger partial charge on any atom is 0.292 e. The number of azo groups is 1. The van der Waals surface area contributed by atoms with E-state index in [1.165, 1.54) is 0 Å². The predicted molar refractivity (Wildman–Crippen MR) is 145 cm³/mol. The Morgan fingerprint density at radius 2 is 1.57 bits per heavy atom. The van der Waals surface area contributed by atoms with Gasteiger partial charge in [-0.15, -0.1) is 5.11 Å². The highest BCUT2D eigenvalue weighted by molar-refractivity contribution is 5.75. The molecule has 0 spiro atoms. The van der Waals surface area contributed by atoms with E-state index in [4.69, 9.17) is 14.2 Å². The number of nitrogens with one attached hydrogen (secondary N) is 2. The Morgan fingerprint density at radius 3 is 2.30 bits per heavy atom. The van der Waals surface area contributed by atoms with Gasteiger partial charge < -0.3 is 19.1 Å². The van der Waals surface area contributed by atoms with Crippen molar-refractivity contribution in [3.63, 3.8) is 0 Å². The zero-order chi connectivity index (χ0) is 26.2. The SMILES string of the molecule is COc1ccc(-c2[nH][nH]c(=O)c2N=Nc2ccc(OCCCN(C)C)c(-c3ccccc3)c2)cc1OC. The second kappa shape index (κ2) is 12.0. The molecular formula is C28H31N5O4. The van der Waals surface area contributed by atoms with Crippen LogP contribution in [0.1, 0.15) is 6.42 Å². The van der Waals surface area contributed by atoms with E-state index in [1.54, 1.807) is 26.4 Å². The molecule has 9 heteroatoms. The Balaban J connectivity index is 1.64. The van der Waals surface area contributed by atoms with E-state index in [1.807, 2.05) is 68.7 Å². The molecule has 0 amide bonds. The number of aromatic nitrogens is 2. The molecule has 4 rings (SSSR count). The quantitative estimate of drug-likeness (QED) is 0.200. The molecule has 0 aliphatic heterocycles. The standard InChI is InChI=1S/C28H31N5O4/c1-33(2)15-8-16-37-23-14-12-21(18-22(23)19-9-6-5-7-10-19)29-31-27-26(30-32-28(27)34)20-11-13-24(35-3)25(17-20)36-4/h5-7,9-14,17-18H,8,15-16H2,1-4H3,(H2,30,32,34). The van der Waals surface area contributed by atoms with E-state index < -0.39 is 0 Å². The van der Waals surface area contributed by atoms with Gasteiger partial charge in [-0.25, -0.2) is 0 Å². The summed E-state index contributed by atoms with van der Waals surface area (Å²) >= 11 is 0. The van der Waals surface area contributed by atoms with Crippen LogP contribution in [0.15, 0.2) is 81.8 Å². The van der Waals surface area contributed by atoms with E-state index in [-0.39, 0.29) is 11.2 Å². The van der Waals surface area contributed by atoms with Crippen LogP contribution in [-0.4, -0.2) is 56.6 Å². The summed E-state index contributed by atoms with van der Waals surface area (Å²) in [7, 11) is 7.21. The van der Waals surface area contributed by atoms with Crippen LogP contribution < -0.4 is 19.8 Å². The number of hydrogen-bond acceptors (Lipinski definition) is 7. The van der Waals surface area contributed by atoms with Gasteiger partial charge in [0, 0.05) is 17.7 Å². The lowest BCUT2D eigenvalue weighted by Crippen LogP contribution is -2.15. The van der Waals surface area contributed by atoms with Crippen LogP contribution >= 0.6 is 0 Å². The topological polar surface area (TPSA) is 104 Å². The molecular weight excluding hydrogens is 470 g/mol. The first-order valence-corrected chi connectivity index (χ1v) is 11.9. The number of hydrogen-bond donors (Lipinski definition) is 2. The van der Waals surface area contributed by atoms with Gasteiger partial charge in [-0.05, 0) is 62.5 Å². The fourth-order valence-electron chi connectivity index (χ4n) is 3.87. The van der Waals surface area contributed by atoms with Gasteiger partial charge in [0.25, 0.3) is 5.56 Å². The van der Waals surface area contributed by atoms with E-state index >= 15 is 0 Å². The van der Waals surface area contributed by atoms with Crippen LogP contribution in [0.3, 0.4) is 0 Å². The Labute approximate surface area is 215 Å². The lowest BCUT2D eigenvalue weighted by atomic mass is 10.0. The highest BCUT2D eigenvalue weighted by atomic mass is 16.5. The molecule has 37 heavy (non-hydrogen) atoms. The Bertz CT molecular complexity index is 1410. The number of aromatic amines is 2. The Hall–Kier alpha value is -4.37. The largest absolute Gasteiger partial charge is 0.493 e. The normalized spacial score (nSPS) is 11.3. The van der Waals surface area contributed by atoms with Crippen LogP contribution in [0.25, 0.3) is 22.4 Å². The minimum absolute atomic E-state index is 0.164. The lowest BCUT2D eigenvalue weighted by Gasteiger charge is -2.14. The van der Waals surface area contributed by atoms with Gasteiger partial charge in [-0.2, -0.15) is 5.11 Å². The van der Waals surface area contributed by atoms with Crippen LogP contribution in [0.4, 0.5) is 11.4 Å². The molecule has 0 saturated heterocycles. The van der Waals surface area contributed by atoms with Crippen molar-refractivity contribution in [2.24, 2.45) is 10.2 Å². The maximum absolute atomic E-state index is 12.5. The summed E-state index contributed by atoms with van der Waals surface area (Å²) in [5, 5.41) is 14.2. The summed E-state index contributed by atoms with van der Waals surface area (Å²) in [4.78, 5) is 14.7. The summed E-state index contributed by atoms with van der Waals surface area (Å²) in [6.07, 6.45) is 0.915. The predicted octanol–water partition coefficient (Wildman–Crippen LogP) is 5.80. The van der Waals surface area contributed by atoms with Crippen molar-refractivity contribution in [3.8, 4) is 39.6 Å². The molecule has 0 aliphatic rings. The maximum atomic E-state index is 12.5. The fourth-order valence-corrected chi connectivity index (χ4v) is 3.87. The van der Waals surface area contributed by atoms with Crippen LogP contribution in [-0.2, 0) is 0 Å². The molecule has 0 fully saturated rings. The Kier molecular flexibility index (Phi) is 8.37. The van der Waals surface area contributed by atoms with E-state index in [9.17, 15) is 4.79 Å². The molecule has 9 nitrogen and oxygen atoms in total. The molecule has 192 valence electrons. The smallest absolute Gasteiger partial charge is 0.292 e. The number of benzene rings is 3. The van der Waals surface area contributed by atoms with Crippen molar-refractivity contribution in [2.45, 2.75) is 6.42 Å². The summed E-state index contributed by atoms with van der Waals surface area (Å²) in [5.74, 6) is 1.90. The molecule has 0 aliphatic carbocycles.